The highest BCUT2D eigenvalue weighted by Gasteiger charge is 2.55. The lowest BCUT2D eigenvalue weighted by atomic mass is 9.49. The molecule has 0 saturated heterocycles. The standard InChI is InChI=1S/C23H31NO3/c1-3-15(2)19-4-6-20(7-5-19)24-21(25)14-27-22(26)23-11-16-8-17(12-23)10-18(9-16)13-23/h4-7,15-18H,3,8-14H2,1-2H3,(H,24,25)/t15-,16?,17?,18?,23?/m1/s1. The molecule has 146 valence electrons. The van der Waals surface area contributed by atoms with Crippen molar-refractivity contribution >= 4 is 17.6 Å². The van der Waals surface area contributed by atoms with Crippen molar-refractivity contribution in [2.24, 2.45) is 23.2 Å². The molecule has 4 nitrogen and oxygen atoms in total. The van der Waals surface area contributed by atoms with Crippen LogP contribution in [0.3, 0.4) is 0 Å². The van der Waals surface area contributed by atoms with Crippen molar-refractivity contribution in [3.63, 3.8) is 0 Å². The van der Waals surface area contributed by atoms with Gasteiger partial charge in [-0.1, -0.05) is 26.0 Å². The van der Waals surface area contributed by atoms with Gasteiger partial charge in [-0.25, -0.2) is 0 Å². The summed E-state index contributed by atoms with van der Waals surface area (Å²) in [6, 6.07) is 7.93. The quantitative estimate of drug-likeness (QED) is 0.726. The van der Waals surface area contributed by atoms with Crippen LogP contribution in [0.15, 0.2) is 24.3 Å². The Labute approximate surface area is 162 Å². The van der Waals surface area contributed by atoms with Gasteiger partial charge in [0.25, 0.3) is 5.91 Å². The molecule has 4 bridgehead atoms. The highest BCUT2D eigenvalue weighted by atomic mass is 16.5. The monoisotopic (exact) mass is 369 g/mol. The van der Waals surface area contributed by atoms with Crippen LogP contribution in [0, 0.1) is 23.2 Å². The molecule has 1 atom stereocenters. The van der Waals surface area contributed by atoms with Crippen molar-refractivity contribution in [3.05, 3.63) is 29.8 Å². The third-order valence-corrected chi connectivity index (χ3v) is 7.18. The molecule has 4 heteroatoms. The van der Waals surface area contributed by atoms with E-state index in [1.807, 2.05) is 24.3 Å². The van der Waals surface area contributed by atoms with Crippen molar-refractivity contribution < 1.29 is 14.3 Å². The molecule has 0 heterocycles. The molecule has 1 aromatic rings. The van der Waals surface area contributed by atoms with Crippen LogP contribution in [0.5, 0.6) is 0 Å². The minimum absolute atomic E-state index is 0.135. The van der Waals surface area contributed by atoms with Gasteiger partial charge in [0.05, 0.1) is 5.41 Å². The predicted octanol–water partition coefficient (Wildman–Crippen LogP) is 4.90. The van der Waals surface area contributed by atoms with Gasteiger partial charge in [-0.05, 0) is 86.3 Å². The maximum Gasteiger partial charge on any atom is 0.312 e. The van der Waals surface area contributed by atoms with Crippen molar-refractivity contribution in [1.82, 2.24) is 0 Å². The summed E-state index contributed by atoms with van der Waals surface area (Å²) in [4.78, 5) is 25.0. The minimum Gasteiger partial charge on any atom is -0.455 e. The van der Waals surface area contributed by atoms with Crippen LogP contribution < -0.4 is 5.32 Å². The molecular weight excluding hydrogens is 338 g/mol. The third-order valence-electron chi connectivity index (χ3n) is 7.18. The number of carbonyl (C=O) groups excluding carboxylic acids is 2. The van der Waals surface area contributed by atoms with E-state index in [2.05, 4.69) is 19.2 Å². The van der Waals surface area contributed by atoms with Crippen molar-refractivity contribution in [2.75, 3.05) is 11.9 Å². The number of rotatable bonds is 6. The van der Waals surface area contributed by atoms with Gasteiger partial charge in [0.15, 0.2) is 6.61 Å². The van der Waals surface area contributed by atoms with Gasteiger partial charge in [-0.15, -0.1) is 0 Å². The number of amides is 1. The highest BCUT2D eigenvalue weighted by molar-refractivity contribution is 5.93. The van der Waals surface area contributed by atoms with E-state index in [0.29, 0.717) is 23.7 Å². The largest absolute Gasteiger partial charge is 0.455 e. The maximum atomic E-state index is 12.8. The molecule has 5 rings (SSSR count). The molecule has 4 aliphatic rings. The van der Waals surface area contributed by atoms with Gasteiger partial charge in [0, 0.05) is 5.69 Å². The van der Waals surface area contributed by atoms with Crippen LogP contribution in [0.1, 0.15) is 70.3 Å². The molecule has 1 aromatic carbocycles. The number of ether oxygens (including phenoxy) is 1. The second kappa shape index (κ2) is 7.29. The zero-order valence-corrected chi connectivity index (χ0v) is 16.5. The first-order valence-electron chi connectivity index (χ1n) is 10.5. The van der Waals surface area contributed by atoms with E-state index < -0.39 is 0 Å². The Morgan fingerprint density at radius 1 is 1.07 bits per heavy atom. The molecule has 4 aliphatic carbocycles. The normalized spacial score (nSPS) is 32.1. The SMILES string of the molecule is CC[C@@H](C)c1ccc(NC(=O)COC(=O)C23CC4CC(CC(C4)C2)C3)cc1. The van der Waals surface area contributed by atoms with Gasteiger partial charge in [-0.2, -0.15) is 0 Å². The summed E-state index contributed by atoms with van der Waals surface area (Å²) in [5.41, 5.74) is 1.72. The predicted molar refractivity (Wildman–Crippen MR) is 105 cm³/mol. The summed E-state index contributed by atoms with van der Waals surface area (Å²) in [5.74, 6) is 2.20. The van der Waals surface area contributed by atoms with Gasteiger partial charge in [0.2, 0.25) is 0 Å². The lowest BCUT2D eigenvalue weighted by Crippen LogP contribution is -2.50. The van der Waals surface area contributed by atoms with Gasteiger partial charge in [-0.3, -0.25) is 9.59 Å². The highest BCUT2D eigenvalue weighted by Crippen LogP contribution is 2.60. The lowest BCUT2D eigenvalue weighted by Gasteiger charge is -2.55. The van der Waals surface area contributed by atoms with E-state index >= 15 is 0 Å². The molecule has 4 fully saturated rings. The van der Waals surface area contributed by atoms with Crippen molar-refractivity contribution in [3.8, 4) is 0 Å². The minimum atomic E-state index is -0.299. The second-order valence-corrected chi connectivity index (χ2v) is 9.25. The van der Waals surface area contributed by atoms with Crippen LogP contribution in [-0.2, 0) is 14.3 Å². The number of hydrogen-bond donors (Lipinski definition) is 1. The second-order valence-electron chi connectivity index (χ2n) is 9.25. The van der Waals surface area contributed by atoms with Crippen LogP contribution >= 0.6 is 0 Å². The van der Waals surface area contributed by atoms with E-state index in [1.165, 1.54) is 24.8 Å². The summed E-state index contributed by atoms with van der Waals surface area (Å²) in [7, 11) is 0. The Kier molecular flexibility index (Phi) is 5.00. The molecule has 1 N–H and O–H groups in total. The fourth-order valence-electron chi connectivity index (χ4n) is 5.97. The van der Waals surface area contributed by atoms with Gasteiger partial charge in [0.1, 0.15) is 0 Å². The molecule has 27 heavy (non-hydrogen) atoms. The van der Waals surface area contributed by atoms with Crippen LogP contribution in [0.25, 0.3) is 0 Å². The molecule has 1 amide bonds. The van der Waals surface area contributed by atoms with Crippen molar-refractivity contribution in [2.45, 2.75) is 64.7 Å². The summed E-state index contributed by atoms with van der Waals surface area (Å²) in [6.07, 6.45) is 7.87. The average Bonchev–Trinajstić information content (AvgIpc) is 2.65. The molecular formula is C23H31NO3. The summed E-state index contributed by atoms with van der Waals surface area (Å²) in [5, 5.41) is 2.84. The number of anilines is 1. The molecule has 4 saturated carbocycles. The Morgan fingerprint density at radius 2 is 1.63 bits per heavy atom. The number of esters is 1. The first-order valence-corrected chi connectivity index (χ1v) is 10.5. The Hall–Kier alpha value is -1.84. The molecule has 0 spiro atoms. The number of nitrogens with one attached hydrogen (secondary N) is 1. The third kappa shape index (κ3) is 3.76. The van der Waals surface area contributed by atoms with E-state index in [9.17, 15) is 9.59 Å². The van der Waals surface area contributed by atoms with E-state index in [1.54, 1.807) is 0 Å². The Morgan fingerprint density at radius 3 is 2.15 bits per heavy atom. The number of benzene rings is 1. The topological polar surface area (TPSA) is 55.4 Å². The van der Waals surface area contributed by atoms with Gasteiger partial charge < -0.3 is 10.1 Å². The molecule has 0 aliphatic heterocycles. The zero-order chi connectivity index (χ0) is 19.0. The molecule has 0 unspecified atom stereocenters. The Bertz CT molecular complexity index is 674. The number of carbonyl (C=O) groups is 2. The summed E-state index contributed by atoms with van der Waals surface area (Å²) >= 11 is 0. The number of hydrogen-bond acceptors (Lipinski definition) is 3. The van der Waals surface area contributed by atoms with Crippen LogP contribution in [0.2, 0.25) is 0 Å². The first-order chi connectivity index (χ1) is 13.0. The first kappa shape index (κ1) is 18.5. The summed E-state index contributed by atoms with van der Waals surface area (Å²) < 4.78 is 5.49. The van der Waals surface area contributed by atoms with E-state index in [-0.39, 0.29) is 23.9 Å². The van der Waals surface area contributed by atoms with E-state index in [4.69, 9.17) is 4.74 Å². The average molecular weight is 370 g/mol. The van der Waals surface area contributed by atoms with Gasteiger partial charge >= 0.3 is 5.97 Å². The Balaban J connectivity index is 1.30. The zero-order valence-electron chi connectivity index (χ0n) is 16.5. The maximum absolute atomic E-state index is 12.8. The molecule has 0 radical (unpaired) electrons. The lowest BCUT2D eigenvalue weighted by molar-refractivity contribution is -0.172. The fraction of sp³-hybridized carbons (Fsp3) is 0.652. The fourth-order valence-corrected chi connectivity index (χ4v) is 5.97. The molecule has 0 aromatic heterocycles. The summed E-state index contributed by atoms with van der Waals surface area (Å²) in [6.45, 7) is 4.17. The van der Waals surface area contributed by atoms with Crippen molar-refractivity contribution in [1.29, 1.82) is 0 Å². The smallest absolute Gasteiger partial charge is 0.312 e. The van der Waals surface area contributed by atoms with Crippen LogP contribution in [0.4, 0.5) is 5.69 Å². The van der Waals surface area contributed by atoms with E-state index in [0.717, 1.165) is 31.4 Å². The van der Waals surface area contributed by atoms with Crippen LogP contribution in [-0.4, -0.2) is 18.5 Å².